The number of ether oxygens (including phenoxy) is 2. The molecule has 1 amide bonds. The smallest absolute Gasteiger partial charge is 0.340 e. The molecule has 2 N–H and O–H groups in total. The number of nitriles is 1. The summed E-state index contributed by atoms with van der Waals surface area (Å²) in [5, 5.41) is 14.8. The van der Waals surface area contributed by atoms with Crippen LogP contribution in [0.4, 0.5) is 5.69 Å². The molecular weight excluding hydrogens is 358 g/mol. The first-order valence-electron chi connectivity index (χ1n) is 9.52. The quantitative estimate of drug-likeness (QED) is 0.247. The Labute approximate surface area is 166 Å². The van der Waals surface area contributed by atoms with Gasteiger partial charge in [0, 0.05) is 19.4 Å². The highest BCUT2D eigenvalue weighted by atomic mass is 16.5. The number of benzene rings is 1. The van der Waals surface area contributed by atoms with Gasteiger partial charge in [-0.05, 0) is 38.8 Å². The minimum absolute atomic E-state index is 0.0843. The van der Waals surface area contributed by atoms with E-state index in [-0.39, 0.29) is 17.2 Å². The summed E-state index contributed by atoms with van der Waals surface area (Å²) in [6.07, 6.45) is 3.98. The van der Waals surface area contributed by atoms with E-state index in [9.17, 15) is 14.9 Å². The number of carbonyl (C=O) groups excluding carboxylic acids is 2. The Morgan fingerprint density at radius 1 is 1.21 bits per heavy atom. The lowest BCUT2D eigenvalue weighted by Crippen LogP contribution is -2.20. The summed E-state index contributed by atoms with van der Waals surface area (Å²) in [5.41, 5.74) is 0.474. The van der Waals surface area contributed by atoms with E-state index in [4.69, 9.17) is 9.47 Å². The van der Waals surface area contributed by atoms with Crippen molar-refractivity contribution in [3.63, 3.8) is 0 Å². The van der Waals surface area contributed by atoms with Gasteiger partial charge in [0.25, 0.3) is 5.91 Å². The van der Waals surface area contributed by atoms with Crippen molar-refractivity contribution < 1.29 is 19.1 Å². The van der Waals surface area contributed by atoms with E-state index >= 15 is 0 Å². The zero-order chi connectivity index (χ0) is 20.8. The molecule has 152 valence electrons. The fourth-order valence-corrected chi connectivity index (χ4v) is 2.16. The van der Waals surface area contributed by atoms with Gasteiger partial charge in [0.2, 0.25) is 0 Å². The standard InChI is InChI=1S/C21H29N3O4/c1-4-5-12-28-21(26)18-9-6-7-10-19(18)24-20(25)17(14-22)15-23-11-8-13-27-16(2)3/h6-7,9-10,15-16,23H,4-5,8,11-13H2,1-3H3,(H,24,25)/b17-15-. The van der Waals surface area contributed by atoms with Crippen molar-refractivity contribution in [3.8, 4) is 6.07 Å². The van der Waals surface area contributed by atoms with Gasteiger partial charge in [-0.1, -0.05) is 25.5 Å². The van der Waals surface area contributed by atoms with E-state index in [0.717, 1.165) is 19.3 Å². The number of carbonyl (C=O) groups is 2. The second-order valence-electron chi connectivity index (χ2n) is 6.39. The molecule has 0 aliphatic heterocycles. The van der Waals surface area contributed by atoms with Gasteiger partial charge in [-0.2, -0.15) is 5.26 Å². The average Bonchev–Trinajstić information content (AvgIpc) is 2.67. The second-order valence-corrected chi connectivity index (χ2v) is 6.39. The van der Waals surface area contributed by atoms with Crippen molar-refractivity contribution in [3.05, 3.63) is 41.6 Å². The molecule has 0 saturated carbocycles. The Bertz CT molecular complexity index is 708. The second kappa shape index (κ2) is 13.3. The fourth-order valence-electron chi connectivity index (χ4n) is 2.16. The predicted octanol–water partition coefficient (Wildman–Crippen LogP) is 3.39. The molecule has 1 rings (SSSR count). The summed E-state index contributed by atoms with van der Waals surface area (Å²) < 4.78 is 10.6. The predicted molar refractivity (Wildman–Crippen MR) is 108 cm³/mol. The van der Waals surface area contributed by atoms with Crippen molar-refractivity contribution in [2.75, 3.05) is 25.1 Å². The Hall–Kier alpha value is -2.85. The normalized spacial score (nSPS) is 11.0. The molecule has 0 unspecified atom stereocenters. The molecular formula is C21H29N3O4. The topological polar surface area (TPSA) is 100 Å². The van der Waals surface area contributed by atoms with Gasteiger partial charge >= 0.3 is 5.97 Å². The van der Waals surface area contributed by atoms with E-state index in [0.29, 0.717) is 25.4 Å². The van der Waals surface area contributed by atoms with Crippen LogP contribution in [0.25, 0.3) is 0 Å². The van der Waals surface area contributed by atoms with Gasteiger partial charge in [0.15, 0.2) is 0 Å². The molecule has 0 heterocycles. The molecule has 28 heavy (non-hydrogen) atoms. The first-order valence-corrected chi connectivity index (χ1v) is 9.52. The Balaban J connectivity index is 2.66. The van der Waals surface area contributed by atoms with Gasteiger partial charge in [0.1, 0.15) is 11.6 Å². The number of esters is 1. The van der Waals surface area contributed by atoms with Crippen molar-refractivity contribution in [1.29, 1.82) is 5.26 Å². The van der Waals surface area contributed by atoms with Crippen LogP contribution >= 0.6 is 0 Å². The van der Waals surface area contributed by atoms with Crippen LogP contribution in [0.1, 0.15) is 50.4 Å². The molecule has 1 aromatic carbocycles. The van der Waals surface area contributed by atoms with Crippen molar-refractivity contribution >= 4 is 17.6 Å². The largest absolute Gasteiger partial charge is 0.462 e. The number of hydrogen-bond acceptors (Lipinski definition) is 6. The summed E-state index contributed by atoms with van der Waals surface area (Å²) >= 11 is 0. The maximum absolute atomic E-state index is 12.4. The Morgan fingerprint density at radius 3 is 2.64 bits per heavy atom. The third-order valence-corrected chi connectivity index (χ3v) is 3.65. The lowest BCUT2D eigenvalue weighted by atomic mass is 10.1. The van der Waals surface area contributed by atoms with Crippen molar-refractivity contribution in [2.45, 2.75) is 46.1 Å². The van der Waals surface area contributed by atoms with E-state index in [1.807, 2.05) is 26.8 Å². The van der Waals surface area contributed by atoms with Crippen LogP contribution in [0.2, 0.25) is 0 Å². The maximum atomic E-state index is 12.4. The van der Waals surface area contributed by atoms with Gasteiger partial charge in [0.05, 0.1) is 24.0 Å². The van der Waals surface area contributed by atoms with Crippen LogP contribution < -0.4 is 10.6 Å². The summed E-state index contributed by atoms with van der Waals surface area (Å²) in [5.74, 6) is -1.10. The Kier molecular flexibility index (Phi) is 11.0. The van der Waals surface area contributed by atoms with E-state index < -0.39 is 11.9 Å². The number of amides is 1. The molecule has 7 heteroatoms. The molecule has 7 nitrogen and oxygen atoms in total. The van der Waals surface area contributed by atoms with Crippen LogP contribution in [0.15, 0.2) is 36.0 Å². The summed E-state index contributed by atoms with van der Waals surface area (Å²) in [7, 11) is 0. The van der Waals surface area contributed by atoms with Gasteiger partial charge in [-0.15, -0.1) is 0 Å². The van der Waals surface area contributed by atoms with Gasteiger partial charge < -0.3 is 20.1 Å². The lowest BCUT2D eigenvalue weighted by molar-refractivity contribution is -0.112. The number of nitrogens with zero attached hydrogens (tertiary/aromatic N) is 1. The molecule has 1 aromatic rings. The molecule has 0 spiro atoms. The third-order valence-electron chi connectivity index (χ3n) is 3.65. The summed E-state index contributed by atoms with van der Waals surface area (Å²) in [4.78, 5) is 24.6. The van der Waals surface area contributed by atoms with Gasteiger partial charge in [-0.3, -0.25) is 4.79 Å². The minimum Gasteiger partial charge on any atom is -0.462 e. The molecule has 0 bridgehead atoms. The SMILES string of the molecule is CCCCOC(=O)c1ccccc1NC(=O)/C(C#N)=C\NCCCOC(C)C. The van der Waals surface area contributed by atoms with Crippen molar-refractivity contribution in [2.24, 2.45) is 0 Å². The molecule has 0 aromatic heterocycles. The summed E-state index contributed by atoms with van der Waals surface area (Å²) in [6.45, 7) is 7.42. The highest BCUT2D eigenvalue weighted by Gasteiger charge is 2.16. The number of rotatable bonds is 12. The van der Waals surface area contributed by atoms with E-state index in [1.54, 1.807) is 24.3 Å². The molecule has 0 aliphatic rings. The van der Waals surface area contributed by atoms with Crippen molar-refractivity contribution in [1.82, 2.24) is 5.32 Å². The van der Waals surface area contributed by atoms with E-state index in [1.165, 1.54) is 6.20 Å². The van der Waals surface area contributed by atoms with Crippen LogP contribution in [0.3, 0.4) is 0 Å². The zero-order valence-corrected chi connectivity index (χ0v) is 16.8. The highest BCUT2D eigenvalue weighted by Crippen LogP contribution is 2.17. The van der Waals surface area contributed by atoms with Crippen LogP contribution in [-0.4, -0.2) is 37.7 Å². The number of nitrogens with one attached hydrogen (secondary N) is 2. The Morgan fingerprint density at radius 2 is 1.96 bits per heavy atom. The van der Waals surface area contributed by atoms with Crippen LogP contribution in [-0.2, 0) is 14.3 Å². The molecule has 0 fully saturated rings. The highest BCUT2D eigenvalue weighted by molar-refractivity contribution is 6.09. The zero-order valence-electron chi connectivity index (χ0n) is 16.8. The summed E-state index contributed by atoms with van der Waals surface area (Å²) in [6, 6.07) is 8.42. The first kappa shape index (κ1) is 23.2. The molecule has 0 atom stereocenters. The number of para-hydroxylation sites is 1. The maximum Gasteiger partial charge on any atom is 0.340 e. The monoisotopic (exact) mass is 387 g/mol. The number of unbranched alkanes of at least 4 members (excludes halogenated alkanes) is 1. The minimum atomic E-state index is -0.595. The lowest BCUT2D eigenvalue weighted by Gasteiger charge is -2.11. The third kappa shape index (κ3) is 8.69. The fraction of sp³-hybridized carbons (Fsp3) is 0.476. The number of anilines is 1. The number of hydrogen-bond donors (Lipinski definition) is 2. The van der Waals surface area contributed by atoms with E-state index in [2.05, 4.69) is 10.6 Å². The molecule has 0 saturated heterocycles. The molecule has 0 aliphatic carbocycles. The van der Waals surface area contributed by atoms with Crippen LogP contribution in [0, 0.1) is 11.3 Å². The molecule has 0 radical (unpaired) electrons. The average molecular weight is 387 g/mol. The van der Waals surface area contributed by atoms with Gasteiger partial charge in [-0.25, -0.2) is 4.79 Å². The first-order chi connectivity index (χ1) is 13.5. The van der Waals surface area contributed by atoms with Crippen LogP contribution in [0.5, 0.6) is 0 Å².